The monoisotopic (exact) mass is 334 g/mol. The van der Waals surface area contributed by atoms with E-state index < -0.39 is 11.9 Å². The second-order valence-corrected chi connectivity index (χ2v) is 5.15. The van der Waals surface area contributed by atoms with Crippen molar-refractivity contribution < 1.29 is 13.9 Å². The lowest BCUT2D eigenvalue weighted by atomic mass is 10.2. The van der Waals surface area contributed by atoms with Gasteiger partial charge in [-0.1, -0.05) is 54.1 Å². The number of halogens is 2. The van der Waals surface area contributed by atoms with Gasteiger partial charge in [0.25, 0.3) is 0 Å². The quantitative estimate of drug-likeness (QED) is 0.812. The summed E-state index contributed by atoms with van der Waals surface area (Å²) in [6.07, 6.45) is 2.70. The highest BCUT2D eigenvalue weighted by molar-refractivity contribution is 6.32. The van der Waals surface area contributed by atoms with E-state index in [0.29, 0.717) is 10.6 Å². The average Bonchev–Trinajstić information content (AvgIpc) is 2.55. The molecule has 0 spiro atoms. The molecule has 0 aliphatic rings. The molecule has 0 atom stereocenters. The molecule has 0 saturated heterocycles. The number of carbonyl (C=O) groups excluding carboxylic acids is 1. The molecule has 0 aromatic heterocycles. The number of alkyl carbamates (subject to hydrolysis) is 1. The molecule has 0 fully saturated rings. The summed E-state index contributed by atoms with van der Waals surface area (Å²) in [6, 6.07) is 11.9. The first-order chi connectivity index (χ1) is 11.1. The van der Waals surface area contributed by atoms with Crippen LogP contribution in [0, 0.1) is 5.82 Å². The summed E-state index contributed by atoms with van der Waals surface area (Å²) in [6.45, 7) is 0.432. The molecule has 23 heavy (non-hydrogen) atoms. The van der Waals surface area contributed by atoms with Crippen molar-refractivity contribution in [2.75, 3.05) is 12.3 Å². The maximum atomic E-state index is 13.4. The lowest BCUT2D eigenvalue weighted by molar-refractivity contribution is 0.141. The minimum Gasteiger partial charge on any atom is -0.445 e. The molecule has 120 valence electrons. The SMILES string of the molecule is Nc1cc(Cl)c(C=CCNC(=O)OCc2ccccc2)cc1F. The molecule has 3 N–H and O–H groups in total. The zero-order valence-electron chi connectivity index (χ0n) is 12.3. The topological polar surface area (TPSA) is 64.3 Å². The van der Waals surface area contributed by atoms with Gasteiger partial charge >= 0.3 is 6.09 Å². The van der Waals surface area contributed by atoms with E-state index in [9.17, 15) is 9.18 Å². The van der Waals surface area contributed by atoms with Crippen molar-refractivity contribution in [3.05, 3.63) is 70.5 Å². The number of hydrogen-bond donors (Lipinski definition) is 2. The third-order valence-electron chi connectivity index (χ3n) is 2.99. The number of hydrogen-bond acceptors (Lipinski definition) is 3. The number of ether oxygens (including phenoxy) is 1. The van der Waals surface area contributed by atoms with Crippen molar-refractivity contribution >= 4 is 29.5 Å². The molecule has 0 unspecified atom stereocenters. The molecule has 0 radical (unpaired) electrons. The normalized spacial score (nSPS) is 10.7. The van der Waals surface area contributed by atoms with Gasteiger partial charge in [0.2, 0.25) is 0 Å². The van der Waals surface area contributed by atoms with E-state index in [-0.39, 0.29) is 18.8 Å². The van der Waals surface area contributed by atoms with Gasteiger partial charge in [-0.2, -0.15) is 0 Å². The van der Waals surface area contributed by atoms with Crippen LogP contribution < -0.4 is 11.1 Å². The Balaban J connectivity index is 1.78. The number of rotatable bonds is 5. The van der Waals surface area contributed by atoms with Crippen LogP contribution in [0.4, 0.5) is 14.9 Å². The minimum absolute atomic E-state index is 0.00485. The average molecular weight is 335 g/mol. The Kier molecular flexibility index (Phi) is 6.00. The minimum atomic E-state index is -0.538. The summed E-state index contributed by atoms with van der Waals surface area (Å²) < 4.78 is 18.4. The molecule has 2 rings (SSSR count). The largest absolute Gasteiger partial charge is 0.445 e. The van der Waals surface area contributed by atoms with Crippen molar-refractivity contribution in [2.24, 2.45) is 0 Å². The van der Waals surface area contributed by atoms with Crippen molar-refractivity contribution in [1.82, 2.24) is 5.32 Å². The standard InChI is InChI=1S/C17H16ClFN2O2/c18-14-10-16(20)15(19)9-13(14)7-4-8-21-17(22)23-11-12-5-2-1-3-6-12/h1-7,9-10H,8,11,20H2,(H,21,22). The van der Waals surface area contributed by atoms with Crippen LogP contribution in [0.5, 0.6) is 0 Å². The van der Waals surface area contributed by atoms with E-state index in [1.54, 1.807) is 12.2 Å². The van der Waals surface area contributed by atoms with Crippen LogP contribution in [0.15, 0.2) is 48.5 Å². The number of nitrogens with two attached hydrogens (primary N) is 1. The maximum absolute atomic E-state index is 13.4. The van der Waals surface area contributed by atoms with Crippen molar-refractivity contribution in [1.29, 1.82) is 0 Å². The molecular formula is C17H16ClFN2O2. The fourth-order valence-electron chi connectivity index (χ4n) is 1.81. The Morgan fingerprint density at radius 3 is 2.78 bits per heavy atom. The predicted octanol–water partition coefficient (Wildman–Crippen LogP) is 4.00. The van der Waals surface area contributed by atoms with E-state index >= 15 is 0 Å². The fourth-order valence-corrected chi connectivity index (χ4v) is 2.04. The van der Waals surface area contributed by atoms with E-state index in [4.69, 9.17) is 22.1 Å². The van der Waals surface area contributed by atoms with E-state index in [1.807, 2.05) is 30.3 Å². The second-order valence-electron chi connectivity index (χ2n) is 4.74. The molecule has 0 aliphatic heterocycles. The summed E-state index contributed by atoms with van der Waals surface area (Å²) in [4.78, 5) is 11.5. The first-order valence-electron chi connectivity index (χ1n) is 6.92. The summed E-state index contributed by atoms with van der Waals surface area (Å²) in [5.74, 6) is -0.538. The summed E-state index contributed by atoms with van der Waals surface area (Å²) in [7, 11) is 0. The molecule has 6 heteroatoms. The highest BCUT2D eigenvalue weighted by Gasteiger charge is 2.04. The molecular weight excluding hydrogens is 319 g/mol. The van der Waals surface area contributed by atoms with Crippen molar-refractivity contribution in [3.63, 3.8) is 0 Å². The Labute approximate surface area is 138 Å². The molecule has 0 saturated carbocycles. The summed E-state index contributed by atoms with van der Waals surface area (Å²) >= 11 is 5.95. The van der Waals surface area contributed by atoms with Crippen molar-refractivity contribution in [2.45, 2.75) is 6.61 Å². The van der Waals surface area contributed by atoms with Gasteiger partial charge < -0.3 is 15.8 Å². The van der Waals surface area contributed by atoms with Gasteiger partial charge in [-0.25, -0.2) is 9.18 Å². The lowest BCUT2D eigenvalue weighted by Crippen LogP contribution is -2.24. The maximum Gasteiger partial charge on any atom is 0.407 e. The Morgan fingerprint density at radius 2 is 2.04 bits per heavy atom. The Hall–Kier alpha value is -2.53. The number of carbonyl (C=O) groups is 1. The van der Waals surface area contributed by atoms with Gasteiger partial charge in [0.05, 0.1) is 10.7 Å². The number of anilines is 1. The Morgan fingerprint density at radius 1 is 1.30 bits per heavy atom. The van der Waals surface area contributed by atoms with E-state index in [0.717, 1.165) is 5.56 Å². The molecule has 0 aliphatic carbocycles. The van der Waals surface area contributed by atoms with Crippen molar-refractivity contribution in [3.8, 4) is 0 Å². The van der Waals surface area contributed by atoms with Crippen LogP contribution in [0.25, 0.3) is 6.08 Å². The molecule has 1 amide bonds. The van der Waals surface area contributed by atoms with Crippen LogP contribution in [-0.2, 0) is 11.3 Å². The van der Waals surface area contributed by atoms with Gasteiger partial charge in [0.15, 0.2) is 0 Å². The van der Waals surface area contributed by atoms with Crippen LogP contribution in [0.2, 0.25) is 5.02 Å². The summed E-state index contributed by atoms with van der Waals surface area (Å²) in [5, 5.41) is 2.90. The number of nitrogens with one attached hydrogen (secondary N) is 1. The van der Waals surface area contributed by atoms with Crippen LogP contribution in [0.3, 0.4) is 0 Å². The molecule has 0 heterocycles. The van der Waals surface area contributed by atoms with Gasteiger partial charge in [-0.05, 0) is 23.3 Å². The number of nitrogen functional groups attached to an aromatic ring is 1. The van der Waals surface area contributed by atoms with E-state index in [2.05, 4.69) is 5.32 Å². The highest BCUT2D eigenvalue weighted by atomic mass is 35.5. The third-order valence-corrected chi connectivity index (χ3v) is 3.32. The first kappa shape index (κ1) is 16.8. The summed E-state index contributed by atoms with van der Waals surface area (Å²) in [5.41, 5.74) is 6.79. The zero-order chi connectivity index (χ0) is 16.7. The predicted molar refractivity (Wildman–Crippen MR) is 89.5 cm³/mol. The number of benzene rings is 2. The molecule has 0 bridgehead atoms. The smallest absolute Gasteiger partial charge is 0.407 e. The second kappa shape index (κ2) is 8.19. The molecule has 4 nitrogen and oxygen atoms in total. The van der Waals surface area contributed by atoms with Gasteiger partial charge in [0, 0.05) is 6.54 Å². The fraction of sp³-hybridized carbons (Fsp3) is 0.118. The van der Waals surface area contributed by atoms with Gasteiger partial charge in [0.1, 0.15) is 12.4 Å². The third kappa shape index (κ3) is 5.30. The first-order valence-corrected chi connectivity index (χ1v) is 7.29. The van der Waals surface area contributed by atoms with Crippen LogP contribution in [0.1, 0.15) is 11.1 Å². The zero-order valence-corrected chi connectivity index (χ0v) is 13.0. The van der Waals surface area contributed by atoms with Gasteiger partial charge in [-0.15, -0.1) is 0 Å². The van der Waals surface area contributed by atoms with E-state index in [1.165, 1.54) is 12.1 Å². The molecule has 2 aromatic rings. The highest BCUT2D eigenvalue weighted by Crippen LogP contribution is 2.23. The molecule has 2 aromatic carbocycles. The Bertz CT molecular complexity index is 705. The number of amides is 1. The lowest BCUT2D eigenvalue weighted by Gasteiger charge is -2.05. The van der Waals surface area contributed by atoms with Crippen LogP contribution in [-0.4, -0.2) is 12.6 Å². The van der Waals surface area contributed by atoms with Crippen LogP contribution >= 0.6 is 11.6 Å². The van der Waals surface area contributed by atoms with Gasteiger partial charge in [-0.3, -0.25) is 0 Å².